The molecule has 2 aromatic carbocycles. The van der Waals surface area contributed by atoms with Gasteiger partial charge in [-0.05, 0) is 36.1 Å². The molecule has 1 aliphatic carbocycles. The molecule has 3 rings (SSSR count). The summed E-state index contributed by atoms with van der Waals surface area (Å²) in [7, 11) is 1.42. The molecule has 7 heteroatoms. The maximum atomic E-state index is 12.4. The lowest BCUT2D eigenvalue weighted by atomic mass is 9.98. The SMILES string of the molecule is CN(CC(=O)O)C(=O)CC(C)(C)NC(=O)OCC1c2ccccc2-c2ccccc21. The number of nitrogens with zero attached hydrogens (tertiary/aromatic N) is 1. The first-order valence-corrected chi connectivity index (χ1v) is 9.77. The van der Waals surface area contributed by atoms with Crippen molar-refractivity contribution in [3.05, 3.63) is 59.7 Å². The first-order valence-electron chi connectivity index (χ1n) is 9.77. The number of carbonyl (C=O) groups is 3. The fourth-order valence-corrected chi connectivity index (χ4v) is 3.76. The van der Waals surface area contributed by atoms with Crippen LogP contribution >= 0.6 is 0 Å². The fraction of sp³-hybridized carbons (Fsp3) is 0.348. The van der Waals surface area contributed by atoms with E-state index in [0.717, 1.165) is 27.2 Å². The second-order valence-corrected chi connectivity index (χ2v) is 8.15. The third kappa shape index (κ3) is 4.79. The molecule has 7 nitrogen and oxygen atoms in total. The van der Waals surface area contributed by atoms with Crippen LogP contribution in [0.2, 0.25) is 0 Å². The zero-order valence-electron chi connectivity index (χ0n) is 17.3. The topological polar surface area (TPSA) is 95.9 Å². The number of rotatable bonds is 7. The highest BCUT2D eigenvalue weighted by atomic mass is 16.5. The summed E-state index contributed by atoms with van der Waals surface area (Å²) in [6.45, 7) is 3.19. The third-order valence-corrected chi connectivity index (χ3v) is 5.18. The quantitative estimate of drug-likeness (QED) is 0.731. The normalized spacial score (nSPS) is 12.6. The van der Waals surface area contributed by atoms with Crippen molar-refractivity contribution < 1.29 is 24.2 Å². The molecule has 0 aromatic heterocycles. The summed E-state index contributed by atoms with van der Waals surface area (Å²) < 4.78 is 5.51. The number of nitrogens with one attached hydrogen (secondary N) is 1. The Hall–Kier alpha value is -3.35. The Bertz CT molecular complexity index is 924. The Labute approximate surface area is 175 Å². The molecule has 0 fully saturated rings. The van der Waals surface area contributed by atoms with Gasteiger partial charge in [0.25, 0.3) is 0 Å². The van der Waals surface area contributed by atoms with Crippen molar-refractivity contribution in [1.82, 2.24) is 10.2 Å². The Morgan fingerprint density at radius 1 is 1.03 bits per heavy atom. The molecule has 0 bridgehead atoms. The van der Waals surface area contributed by atoms with Crippen molar-refractivity contribution in [3.63, 3.8) is 0 Å². The Kier molecular flexibility index (Phi) is 6.10. The standard InChI is InChI=1S/C23H26N2O5/c1-23(2,12-20(26)25(3)13-21(27)28)24-22(29)30-14-19-17-10-6-4-8-15(17)16-9-5-7-11-18(16)19/h4-11,19H,12-14H2,1-3H3,(H,24,29)(H,27,28). The van der Waals surface area contributed by atoms with E-state index >= 15 is 0 Å². The molecule has 2 N–H and O–H groups in total. The molecule has 0 atom stereocenters. The lowest BCUT2D eigenvalue weighted by Crippen LogP contribution is -2.48. The molecule has 0 unspecified atom stereocenters. The lowest BCUT2D eigenvalue weighted by Gasteiger charge is -2.27. The fourth-order valence-electron chi connectivity index (χ4n) is 3.76. The largest absolute Gasteiger partial charge is 0.480 e. The van der Waals surface area contributed by atoms with Gasteiger partial charge in [0.1, 0.15) is 13.2 Å². The zero-order valence-corrected chi connectivity index (χ0v) is 17.3. The number of fused-ring (bicyclic) bond motifs is 3. The van der Waals surface area contributed by atoms with Crippen molar-refractivity contribution in [1.29, 1.82) is 0 Å². The first kappa shape index (κ1) is 21.4. The van der Waals surface area contributed by atoms with Gasteiger partial charge in [-0.2, -0.15) is 0 Å². The number of carbonyl (C=O) groups excluding carboxylic acids is 2. The van der Waals surface area contributed by atoms with Gasteiger partial charge in [-0.15, -0.1) is 0 Å². The van der Waals surface area contributed by atoms with Crippen LogP contribution in [0.1, 0.15) is 37.3 Å². The van der Waals surface area contributed by atoms with E-state index in [2.05, 4.69) is 17.4 Å². The lowest BCUT2D eigenvalue weighted by molar-refractivity contribution is -0.143. The number of carboxylic acid groups (broad SMARTS) is 1. The van der Waals surface area contributed by atoms with E-state index in [1.165, 1.54) is 7.05 Å². The van der Waals surface area contributed by atoms with E-state index in [9.17, 15) is 14.4 Å². The number of hydrogen-bond acceptors (Lipinski definition) is 4. The summed E-state index contributed by atoms with van der Waals surface area (Å²) >= 11 is 0. The summed E-state index contributed by atoms with van der Waals surface area (Å²) in [4.78, 5) is 36.5. The number of ether oxygens (including phenoxy) is 1. The van der Waals surface area contributed by atoms with Crippen molar-refractivity contribution >= 4 is 18.0 Å². The van der Waals surface area contributed by atoms with Gasteiger partial charge in [0, 0.05) is 24.9 Å². The Morgan fingerprint density at radius 3 is 2.10 bits per heavy atom. The average Bonchev–Trinajstić information content (AvgIpc) is 2.99. The van der Waals surface area contributed by atoms with E-state index < -0.39 is 17.6 Å². The van der Waals surface area contributed by atoms with Crippen molar-refractivity contribution in [3.8, 4) is 11.1 Å². The predicted octanol–water partition coefficient (Wildman–Crippen LogP) is 3.24. The van der Waals surface area contributed by atoms with Crippen molar-refractivity contribution in [2.45, 2.75) is 31.7 Å². The smallest absolute Gasteiger partial charge is 0.407 e. The van der Waals surface area contributed by atoms with Crippen LogP contribution in [0.25, 0.3) is 11.1 Å². The molecular formula is C23H26N2O5. The van der Waals surface area contributed by atoms with Gasteiger partial charge in [0.05, 0.1) is 0 Å². The van der Waals surface area contributed by atoms with E-state index in [-0.39, 0.29) is 31.4 Å². The first-order chi connectivity index (χ1) is 14.2. The minimum Gasteiger partial charge on any atom is -0.480 e. The average molecular weight is 410 g/mol. The van der Waals surface area contributed by atoms with Gasteiger partial charge >= 0.3 is 12.1 Å². The number of carboxylic acids is 1. The van der Waals surface area contributed by atoms with Gasteiger partial charge in [-0.25, -0.2) is 4.79 Å². The molecule has 2 aromatic rings. The Morgan fingerprint density at radius 2 is 1.57 bits per heavy atom. The summed E-state index contributed by atoms with van der Waals surface area (Å²) in [5.41, 5.74) is 3.66. The van der Waals surface area contributed by atoms with Crippen LogP contribution in [0, 0.1) is 0 Å². The molecule has 0 spiro atoms. The van der Waals surface area contributed by atoms with Crippen LogP contribution in [0.5, 0.6) is 0 Å². The molecule has 158 valence electrons. The van der Waals surface area contributed by atoms with Crippen molar-refractivity contribution in [2.75, 3.05) is 20.2 Å². The van der Waals surface area contributed by atoms with E-state index in [0.29, 0.717) is 0 Å². The van der Waals surface area contributed by atoms with Crippen LogP contribution in [0.4, 0.5) is 4.79 Å². The van der Waals surface area contributed by atoms with Crippen LogP contribution in [0.15, 0.2) is 48.5 Å². The van der Waals surface area contributed by atoms with Crippen LogP contribution in [-0.2, 0) is 14.3 Å². The van der Waals surface area contributed by atoms with Crippen LogP contribution in [0.3, 0.4) is 0 Å². The zero-order chi connectivity index (χ0) is 21.9. The number of hydrogen-bond donors (Lipinski definition) is 2. The third-order valence-electron chi connectivity index (χ3n) is 5.18. The number of aliphatic carboxylic acids is 1. The van der Waals surface area contributed by atoms with Gasteiger partial charge in [0.15, 0.2) is 0 Å². The van der Waals surface area contributed by atoms with E-state index in [1.807, 2.05) is 36.4 Å². The molecule has 0 radical (unpaired) electrons. The van der Waals surface area contributed by atoms with Crippen molar-refractivity contribution in [2.24, 2.45) is 0 Å². The molecule has 0 aliphatic heterocycles. The van der Waals surface area contributed by atoms with Gasteiger partial charge in [-0.1, -0.05) is 48.5 Å². The molecule has 0 saturated carbocycles. The maximum Gasteiger partial charge on any atom is 0.407 e. The summed E-state index contributed by atoms with van der Waals surface area (Å²) in [6, 6.07) is 16.1. The Balaban J connectivity index is 1.61. The molecule has 30 heavy (non-hydrogen) atoms. The highest BCUT2D eigenvalue weighted by Gasteiger charge is 2.31. The second kappa shape index (κ2) is 8.57. The highest BCUT2D eigenvalue weighted by molar-refractivity contribution is 5.82. The maximum absolute atomic E-state index is 12.4. The minimum absolute atomic E-state index is 0.0407. The van der Waals surface area contributed by atoms with E-state index in [4.69, 9.17) is 9.84 Å². The number of likely N-dealkylation sites (N-methyl/N-ethyl adjacent to an activating group) is 1. The van der Waals surface area contributed by atoms with E-state index in [1.54, 1.807) is 13.8 Å². The summed E-state index contributed by atoms with van der Waals surface area (Å²) in [6.07, 6.45) is -0.656. The number of alkyl carbamates (subject to hydrolysis) is 1. The molecule has 2 amide bonds. The minimum atomic E-state index is -1.09. The van der Waals surface area contributed by atoms with Gasteiger partial charge in [0.2, 0.25) is 5.91 Å². The number of amides is 2. The molecule has 1 aliphatic rings. The summed E-state index contributed by atoms with van der Waals surface area (Å²) in [5.74, 6) is -1.51. The summed E-state index contributed by atoms with van der Waals surface area (Å²) in [5, 5.41) is 11.5. The van der Waals surface area contributed by atoms with Gasteiger partial charge < -0.3 is 20.1 Å². The van der Waals surface area contributed by atoms with Gasteiger partial charge in [-0.3, -0.25) is 9.59 Å². The van der Waals surface area contributed by atoms with Crippen LogP contribution < -0.4 is 5.32 Å². The monoisotopic (exact) mass is 410 g/mol. The highest BCUT2D eigenvalue weighted by Crippen LogP contribution is 2.44. The predicted molar refractivity (Wildman–Crippen MR) is 112 cm³/mol. The molecule has 0 saturated heterocycles. The molecule has 0 heterocycles. The second-order valence-electron chi connectivity index (χ2n) is 8.15. The number of benzene rings is 2. The molecular weight excluding hydrogens is 384 g/mol. The van der Waals surface area contributed by atoms with Crippen LogP contribution in [-0.4, -0.2) is 53.7 Å².